The Hall–Kier alpha value is -1.38. The van der Waals surface area contributed by atoms with E-state index in [0.717, 1.165) is 6.42 Å². The fourth-order valence-corrected chi connectivity index (χ4v) is 1.18. The molecule has 0 unspecified atom stereocenters. The quantitative estimate of drug-likeness (QED) is 0.716. The highest BCUT2D eigenvalue weighted by molar-refractivity contribution is 5.93. The van der Waals surface area contributed by atoms with Crippen LogP contribution in [0.5, 0.6) is 5.75 Å². The van der Waals surface area contributed by atoms with Crippen LogP contribution in [0.25, 0.3) is 0 Å². The number of rotatable bonds is 5. The van der Waals surface area contributed by atoms with Gasteiger partial charge < -0.3 is 4.74 Å². The molecule has 0 saturated heterocycles. The number of carbonyl (C=O) groups is 1. The van der Waals surface area contributed by atoms with E-state index in [0.29, 0.717) is 17.9 Å². The number of ketones is 1. The smallest absolute Gasteiger partial charge is 0.180 e. The zero-order valence-electron chi connectivity index (χ0n) is 10.4. The minimum absolute atomic E-state index is 0.0568. The maximum Gasteiger partial charge on any atom is 0.180 e. The Labute approximate surface area is 96.8 Å². The second-order valence-corrected chi connectivity index (χ2v) is 4.37. The van der Waals surface area contributed by atoms with Gasteiger partial charge in [0.25, 0.3) is 0 Å². The lowest BCUT2D eigenvalue weighted by Crippen LogP contribution is -2.26. The predicted octanol–water partition coefficient (Wildman–Crippen LogP) is 3.24. The molecule has 1 rings (SSSR count). The third kappa shape index (κ3) is 3.33. The van der Waals surface area contributed by atoms with Crippen molar-refractivity contribution in [2.45, 2.75) is 46.1 Å². The Morgan fingerprint density at radius 1 is 1.38 bits per heavy atom. The van der Waals surface area contributed by atoms with Gasteiger partial charge in [0, 0.05) is 6.42 Å². The highest BCUT2D eigenvalue weighted by Crippen LogP contribution is 2.20. The molecule has 0 saturated carbocycles. The first kappa shape index (κ1) is 12.7. The van der Waals surface area contributed by atoms with E-state index in [4.69, 9.17) is 4.74 Å². The average Bonchev–Trinajstić information content (AvgIpc) is 2.28. The monoisotopic (exact) mass is 221 g/mol. The van der Waals surface area contributed by atoms with Crippen molar-refractivity contribution in [3.8, 4) is 5.75 Å². The van der Waals surface area contributed by atoms with Crippen LogP contribution in [0.2, 0.25) is 0 Å². The summed E-state index contributed by atoms with van der Waals surface area (Å²) in [5, 5.41) is 0. The SMILES string of the molecule is CCC(=O)c1ccc(OC(C)(C)CC)cn1. The van der Waals surface area contributed by atoms with E-state index in [2.05, 4.69) is 11.9 Å². The number of Topliss-reactive ketones (excluding diaryl/α,β-unsaturated/α-hetero) is 1. The number of hydrogen-bond donors (Lipinski definition) is 0. The normalized spacial score (nSPS) is 11.2. The van der Waals surface area contributed by atoms with Crippen molar-refractivity contribution < 1.29 is 9.53 Å². The number of carbonyl (C=O) groups excluding carboxylic acids is 1. The average molecular weight is 221 g/mol. The molecular formula is C13H19NO2. The van der Waals surface area contributed by atoms with Gasteiger partial charge in [-0.1, -0.05) is 13.8 Å². The summed E-state index contributed by atoms with van der Waals surface area (Å²) < 4.78 is 5.75. The molecule has 0 N–H and O–H groups in total. The molecule has 0 aliphatic heterocycles. The van der Waals surface area contributed by atoms with Gasteiger partial charge in [-0.05, 0) is 32.4 Å². The van der Waals surface area contributed by atoms with E-state index < -0.39 is 0 Å². The van der Waals surface area contributed by atoms with Gasteiger partial charge in [-0.3, -0.25) is 4.79 Å². The molecule has 0 radical (unpaired) electrons. The van der Waals surface area contributed by atoms with Crippen molar-refractivity contribution in [1.82, 2.24) is 4.98 Å². The van der Waals surface area contributed by atoms with Crippen LogP contribution in [0.1, 0.15) is 51.0 Å². The summed E-state index contributed by atoms with van der Waals surface area (Å²) in [5.41, 5.74) is 0.307. The lowest BCUT2D eigenvalue weighted by Gasteiger charge is -2.24. The second-order valence-electron chi connectivity index (χ2n) is 4.37. The van der Waals surface area contributed by atoms with E-state index in [1.165, 1.54) is 0 Å². The third-order valence-electron chi connectivity index (χ3n) is 2.59. The van der Waals surface area contributed by atoms with Gasteiger partial charge in [0.1, 0.15) is 17.0 Å². The maximum absolute atomic E-state index is 11.4. The fraction of sp³-hybridized carbons (Fsp3) is 0.538. The number of ether oxygens (including phenoxy) is 1. The molecule has 0 spiro atoms. The molecule has 0 fully saturated rings. The molecule has 0 atom stereocenters. The summed E-state index contributed by atoms with van der Waals surface area (Å²) in [5.74, 6) is 0.765. The van der Waals surface area contributed by atoms with Crippen molar-refractivity contribution in [2.24, 2.45) is 0 Å². The molecule has 0 aliphatic rings. The van der Waals surface area contributed by atoms with Crippen LogP contribution < -0.4 is 4.74 Å². The van der Waals surface area contributed by atoms with Crippen LogP contribution in [0.4, 0.5) is 0 Å². The van der Waals surface area contributed by atoms with Crippen molar-refractivity contribution in [3.05, 3.63) is 24.0 Å². The summed E-state index contributed by atoms with van der Waals surface area (Å²) >= 11 is 0. The summed E-state index contributed by atoms with van der Waals surface area (Å²) in [6.45, 7) is 7.95. The van der Waals surface area contributed by atoms with E-state index in [-0.39, 0.29) is 11.4 Å². The highest BCUT2D eigenvalue weighted by atomic mass is 16.5. The van der Waals surface area contributed by atoms with Crippen LogP contribution in [0.15, 0.2) is 18.3 Å². The third-order valence-corrected chi connectivity index (χ3v) is 2.59. The van der Waals surface area contributed by atoms with Crippen molar-refractivity contribution in [3.63, 3.8) is 0 Å². The molecular weight excluding hydrogens is 202 g/mol. The first-order chi connectivity index (χ1) is 7.48. The fourth-order valence-electron chi connectivity index (χ4n) is 1.18. The van der Waals surface area contributed by atoms with Crippen LogP contribution in [-0.4, -0.2) is 16.4 Å². The number of hydrogen-bond acceptors (Lipinski definition) is 3. The van der Waals surface area contributed by atoms with Crippen molar-refractivity contribution in [2.75, 3.05) is 0 Å². The summed E-state index contributed by atoms with van der Waals surface area (Å²) in [6.07, 6.45) is 3.01. The Bertz CT molecular complexity index is 355. The Kier molecular flexibility index (Phi) is 4.05. The lowest BCUT2D eigenvalue weighted by molar-refractivity contribution is 0.0981. The molecule has 3 heteroatoms. The Morgan fingerprint density at radius 2 is 2.06 bits per heavy atom. The second kappa shape index (κ2) is 5.10. The van der Waals surface area contributed by atoms with Gasteiger partial charge >= 0.3 is 0 Å². The van der Waals surface area contributed by atoms with Gasteiger partial charge in [0.05, 0.1) is 6.20 Å². The molecule has 3 nitrogen and oxygen atoms in total. The standard InChI is InChI=1S/C13H19NO2/c1-5-12(15)11-8-7-10(9-14-11)16-13(3,4)6-2/h7-9H,5-6H2,1-4H3. The van der Waals surface area contributed by atoms with E-state index in [1.807, 2.05) is 20.8 Å². The zero-order chi connectivity index (χ0) is 12.2. The minimum Gasteiger partial charge on any atom is -0.486 e. The molecule has 1 aromatic rings. The van der Waals surface area contributed by atoms with Crippen LogP contribution in [0, 0.1) is 0 Å². The summed E-state index contributed by atoms with van der Waals surface area (Å²) in [4.78, 5) is 15.5. The zero-order valence-corrected chi connectivity index (χ0v) is 10.4. The van der Waals surface area contributed by atoms with Crippen molar-refractivity contribution in [1.29, 1.82) is 0 Å². The van der Waals surface area contributed by atoms with Gasteiger partial charge in [0.2, 0.25) is 0 Å². The van der Waals surface area contributed by atoms with E-state index in [1.54, 1.807) is 18.3 Å². The molecule has 0 aromatic carbocycles. The first-order valence-corrected chi connectivity index (χ1v) is 5.66. The lowest BCUT2D eigenvalue weighted by atomic mass is 10.1. The van der Waals surface area contributed by atoms with Gasteiger partial charge in [-0.25, -0.2) is 4.98 Å². The van der Waals surface area contributed by atoms with Crippen LogP contribution >= 0.6 is 0 Å². The number of aromatic nitrogens is 1. The van der Waals surface area contributed by atoms with Crippen molar-refractivity contribution >= 4 is 5.78 Å². The molecule has 16 heavy (non-hydrogen) atoms. The van der Waals surface area contributed by atoms with Gasteiger partial charge in [-0.15, -0.1) is 0 Å². The summed E-state index contributed by atoms with van der Waals surface area (Å²) in [6, 6.07) is 3.51. The Balaban J connectivity index is 2.76. The predicted molar refractivity (Wildman–Crippen MR) is 63.9 cm³/mol. The topological polar surface area (TPSA) is 39.2 Å². The minimum atomic E-state index is -0.196. The summed E-state index contributed by atoms with van der Waals surface area (Å²) in [7, 11) is 0. The van der Waals surface area contributed by atoms with E-state index >= 15 is 0 Å². The largest absolute Gasteiger partial charge is 0.486 e. The van der Waals surface area contributed by atoms with Gasteiger partial charge in [-0.2, -0.15) is 0 Å². The number of pyridine rings is 1. The molecule has 1 heterocycles. The molecule has 88 valence electrons. The molecule has 0 aliphatic carbocycles. The highest BCUT2D eigenvalue weighted by Gasteiger charge is 2.17. The molecule has 0 amide bonds. The number of nitrogens with zero attached hydrogens (tertiary/aromatic N) is 1. The first-order valence-electron chi connectivity index (χ1n) is 5.66. The Morgan fingerprint density at radius 3 is 2.50 bits per heavy atom. The van der Waals surface area contributed by atoms with Gasteiger partial charge in [0.15, 0.2) is 5.78 Å². The van der Waals surface area contributed by atoms with E-state index in [9.17, 15) is 4.79 Å². The molecule has 1 aromatic heterocycles. The molecule has 0 bridgehead atoms. The van der Waals surface area contributed by atoms with Crippen LogP contribution in [-0.2, 0) is 0 Å². The maximum atomic E-state index is 11.4. The van der Waals surface area contributed by atoms with Crippen LogP contribution in [0.3, 0.4) is 0 Å².